The fourth-order valence-corrected chi connectivity index (χ4v) is 1.47. The Bertz CT molecular complexity index is 688. The molecule has 0 saturated carbocycles. The summed E-state index contributed by atoms with van der Waals surface area (Å²) < 4.78 is 5.23. The Morgan fingerprint density at radius 2 is 1.65 bits per heavy atom. The molecule has 0 radical (unpaired) electrons. The summed E-state index contributed by atoms with van der Waals surface area (Å²) in [6.07, 6.45) is 0. The first-order valence-corrected chi connectivity index (χ1v) is 5.31. The third-order valence-electron chi connectivity index (χ3n) is 2.35. The lowest BCUT2D eigenvalue weighted by Gasteiger charge is -2.05. The molecular formula is C11H8N4O5. The van der Waals surface area contributed by atoms with E-state index in [1.54, 1.807) is 6.07 Å². The second kappa shape index (κ2) is 5.18. The van der Waals surface area contributed by atoms with Crippen LogP contribution in [0.3, 0.4) is 0 Å². The zero-order valence-corrected chi connectivity index (χ0v) is 9.92. The van der Waals surface area contributed by atoms with Crippen molar-refractivity contribution in [1.29, 1.82) is 0 Å². The lowest BCUT2D eigenvalue weighted by molar-refractivity contribution is -0.385. The number of anilines is 1. The van der Waals surface area contributed by atoms with Gasteiger partial charge in [-0.15, -0.1) is 0 Å². The molecule has 0 aliphatic rings. The lowest BCUT2D eigenvalue weighted by atomic mass is 10.3. The van der Waals surface area contributed by atoms with Gasteiger partial charge in [0.05, 0.1) is 9.85 Å². The van der Waals surface area contributed by atoms with Crippen LogP contribution in [0.25, 0.3) is 0 Å². The van der Waals surface area contributed by atoms with Gasteiger partial charge in [-0.2, -0.15) is 4.98 Å². The summed E-state index contributed by atoms with van der Waals surface area (Å²) in [5.74, 6) is -0.424. The van der Waals surface area contributed by atoms with Crippen molar-refractivity contribution < 1.29 is 14.6 Å². The highest BCUT2D eigenvalue weighted by Crippen LogP contribution is 2.31. The minimum Gasteiger partial charge on any atom is -0.432 e. The van der Waals surface area contributed by atoms with Crippen LogP contribution in [0.1, 0.15) is 0 Å². The largest absolute Gasteiger partial charge is 0.432 e. The second-order valence-corrected chi connectivity index (χ2v) is 3.64. The van der Waals surface area contributed by atoms with Crippen molar-refractivity contribution in [1.82, 2.24) is 4.98 Å². The standard InChI is InChI=1S/C11H8N4O5/c12-11-8(15(18)19)5-6-10(13-11)20-9-4-2-1-3-7(9)14(16)17/h1-6H,(H2,12,13). The van der Waals surface area contributed by atoms with E-state index in [0.29, 0.717) is 0 Å². The van der Waals surface area contributed by atoms with Gasteiger partial charge in [-0.1, -0.05) is 12.1 Å². The monoisotopic (exact) mass is 276 g/mol. The van der Waals surface area contributed by atoms with Crippen LogP contribution in [0, 0.1) is 20.2 Å². The highest BCUT2D eigenvalue weighted by atomic mass is 16.6. The van der Waals surface area contributed by atoms with E-state index >= 15 is 0 Å². The Labute approximate surface area is 111 Å². The summed E-state index contributed by atoms with van der Waals surface area (Å²) in [5.41, 5.74) is 4.80. The Hall–Kier alpha value is -3.23. The summed E-state index contributed by atoms with van der Waals surface area (Å²) in [6.45, 7) is 0. The van der Waals surface area contributed by atoms with Gasteiger partial charge >= 0.3 is 11.4 Å². The number of ether oxygens (including phenoxy) is 1. The van der Waals surface area contributed by atoms with Crippen molar-refractivity contribution >= 4 is 17.2 Å². The number of para-hydroxylation sites is 2. The number of nitro benzene ring substituents is 1. The first-order chi connectivity index (χ1) is 9.49. The Kier molecular flexibility index (Phi) is 3.42. The van der Waals surface area contributed by atoms with E-state index in [4.69, 9.17) is 10.5 Å². The van der Waals surface area contributed by atoms with E-state index in [0.717, 1.165) is 6.07 Å². The SMILES string of the molecule is Nc1nc(Oc2ccccc2[N+](=O)[O-])ccc1[N+](=O)[O-]. The van der Waals surface area contributed by atoms with E-state index in [1.165, 1.54) is 24.3 Å². The van der Waals surface area contributed by atoms with Gasteiger partial charge in [-0.3, -0.25) is 20.2 Å². The maximum atomic E-state index is 10.8. The minimum atomic E-state index is -0.683. The van der Waals surface area contributed by atoms with E-state index in [9.17, 15) is 20.2 Å². The van der Waals surface area contributed by atoms with Gasteiger partial charge in [-0.05, 0) is 6.07 Å². The van der Waals surface area contributed by atoms with Gasteiger partial charge in [0.15, 0.2) is 0 Å². The van der Waals surface area contributed by atoms with Crippen LogP contribution in [-0.4, -0.2) is 14.8 Å². The smallest absolute Gasteiger partial charge is 0.311 e. The molecule has 102 valence electrons. The molecule has 0 saturated heterocycles. The average Bonchev–Trinajstić information content (AvgIpc) is 2.38. The van der Waals surface area contributed by atoms with Crippen LogP contribution in [0.5, 0.6) is 11.6 Å². The molecule has 0 aliphatic heterocycles. The number of pyridine rings is 1. The third-order valence-corrected chi connectivity index (χ3v) is 2.35. The number of hydrogen-bond acceptors (Lipinski definition) is 7. The molecule has 2 N–H and O–H groups in total. The summed E-state index contributed by atoms with van der Waals surface area (Å²) in [4.78, 5) is 23.8. The van der Waals surface area contributed by atoms with Crippen LogP contribution < -0.4 is 10.5 Å². The summed E-state index contributed by atoms with van der Waals surface area (Å²) in [7, 11) is 0. The van der Waals surface area contributed by atoms with Crippen molar-refractivity contribution in [3.63, 3.8) is 0 Å². The number of hydrogen-bond donors (Lipinski definition) is 1. The average molecular weight is 276 g/mol. The molecule has 0 unspecified atom stereocenters. The Morgan fingerprint density at radius 3 is 2.25 bits per heavy atom. The molecule has 0 bridgehead atoms. The molecule has 0 amide bonds. The maximum Gasteiger partial charge on any atom is 0.311 e. The quantitative estimate of drug-likeness (QED) is 0.668. The zero-order chi connectivity index (χ0) is 14.7. The molecule has 0 atom stereocenters. The first kappa shape index (κ1) is 13.2. The van der Waals surface area contributed by atoms with E-state index in [-0.39, 0.29) is 28.8 Å². The summed E-state index contributed by atoms with van der Waals surface area (Å²) in [5, 5.41) is 21.4. The van der Waals surface area contributed by atoms with Crippen LogP contribution >= 0.6 is 0 Å². The number of rotatable bonds is 4. The fraction of sp³-hybridized carbons (Fsp3) is 0. The Morgan fingerprint density at radius 1 is 1.00 bits per heavy atom. The number of benzene rings is 1. The molecule has 1 aromatic carbocycles. The molecule has 0 aliphatic carbocycles. The second-order valence-electron chi connectivity index (χ2n) is 3.64. The number of nitro groups is 2. The predicted molar refractivity (Wildman–Crippen MR) is 68.5 cm³/mol. The first-order valence-electron chi connectivity index (χ1n) is 5.31. The zero-order valence-electron chi connectivity index (χ0n) is 9.92. The highest BCUT2D eigenvalue weighted by molar-refractivity contribution is 5.54. The van der Waals surface area contributed by atoms with Crippen molar-refractivity contribution in [3.05, 3.63) is 56.6 Å². The number of nitrogens with two attached hydrogens (primary N) is 1. The molecule has 1 aromatic heterocycles. The van der Waals surface area contributed by atoms with Crippen LogP contribution in [0.15, 0.2) is 36.4 Å². The highest BCUT2D eigenvalue weighted by Gasteiger charge is 2.17. The minimum absolute atomic E-state index is 0.0294. The predicted octanol–water partition coefficient (Wildman–Crippen LogP) is 2.27. The van der Waals surface area contributed by atoms with Crippen LogP contribution in [0.2, 0.25) is 0 Å². The molecule has 9 heteroatoms. The topological polar surface area (TPSA) is 134 Å². The number of nitrogen functional groups attached to an aromatic ring is 1. The van der Waals surface area contributed by atoms with Gasteiger partial charge < -0.3 is 10.5 Å². The Balaban J connectivity index is 2.34. The molecular weight excluding hydrogens is 268 g/mol. The fourth-order valence-electron chi connectivity index (χ4n) is 1.47. The molecule has 1 heterocycles. The molecule has 2 aromatic rings. The van der Waals surface area contributed by atoms with Gasteiger partial charge in [0.2, 0.25) is 17.4 Å². The molecule has 20 heavy (non-hydrogen) atoms. The summed E-state index contributed by atoms with van der Waals surface area (Å²) in [6, 6.07) is 8.03. The lowest BCUT2D eigenvalue weighted by Crippen LogP contribution is -2.00. The maximum absolute atomic E-state index is 10.8. The van der Waals surface area contributed by atoms with Crippen molar-refractivity contribution in [2.45, 2.75) is 0 Å². The van der Waals surface area contributed by atoms with Crippen LogP contribution in [-0.2, 0) is 0 Å². The van der Waals surface area contributed by atoms with Gasteiger partial charge in [0.1, 0.15) is 0 Å². The molecule has 2 rings (SSSR count). The van der Waals surface area contributed by atoms with Gasteiger partial charge in [-0.25, -0.2) is 0 Å². The van der Waals surface area contributed by atoms with Crippen LogP contribution in [0.4, 0.5) is 17.2 Å². The van der Waals surface area contributed by atoms with Gasteiger partial charge in [0, 0.05) is 18.2 Å². The molecule has 0 spiro atoms. The number of aromatic nitrogens is 1. The van der Waals surface area contributed by atoms with Crippen molar-refractivity contribution in [3.8, 4) is 11.6 Å². The third kappa shape index (κ3) is 2.61. The van der Waals surface area contributed by atoms with Crippen molar-refractivity contribution in [2.75, 3.05) is 5.73 Å². The van der Waals surface area contributed by atoms with Crippen molar-refractivity contribution in [2.24, 2.45) is 0 Å². The normalized spacial score (nSPS) is 10.0. The summed E-state index contributed by atoms with van der Waals surface area (Å²) >= 11 is 0. The van der Waals surface area contributed by atoms with E-state index < -0.39 is 9.85 Å². The number of nitrogens with zero attached hydrogens (tertiary/aromatic N) is 3. The van der Waals surface area contributed by atoms with E-state index in [1.807, 2.05) is 0 Å². The molecule has 0 fully saturated rings. The molecule has 9 nitrogen and oxygen atoms in total. The van der Waals surface area contributed by atoms with E-state index in [2.05, 4.69) is 4.98 Å². The van der Waals surface area contributed by atoms with Gasteiger partial charge in [0.25, 0.3) is 0 Å².